The zero-order chi connectivity index (χ0) is 28.5. The van der Waals surface area contributed by atoms with Crippen molar-refractivity contribution in [1.29, 1.82) is 5.26 Å². The molecular formula is C29H33FN2O6. The van der Waals surface area contributed by atoms with Crippen molar-refractivity contribution in [2.24, 2.45) is 0 Å². The van der Waals surface area contributed by atoms with Gasteiger partial charge in [0, 0.05) is 28.8 Å². The molecule has 0 fully saturated rings. The average Bonchev–Trinajstić information content (AvgIpc) is 2.82. The first kappa shape index (κ1) is 29.9. The second kappa shape index (κ2) is 13.3. The fourth-order valence-electron chi connectivity index (χ4n) is 3.42. The molecule has 0 saturated carbocycles. The Morgan fingerprint density at radius 3 is 2.47 bits per heavy atom. The number of nitrogens with zero attached hydrogens (tertiary/aromatic N) is 1. The van der Waals surface area contributed by atoms with Gasteiger partial charge in [-0.15, -0.1) is 0 Å². The van der Waals surface area contributed by atoms with Crippen molar-refractivity contribution in [3.63, 3.8) is 0 Å². The molecule has 0 bridgehead atoms. The molecule has 202 valence electrons. The van der Waals surface area contributed by atoms with E-state index in [2.05, 4.69) is 5.32 Å². The van der Waals surface area contributed by atoms with Crippen LogP contribution in [0.25, 0.3) is 5.57 Å². The third-order valence-electron chi connectivity index (χ3n) is 5.04. The number of carbonyl (C=O) groups is 2. The molecule has 0 saturated heterocycles. The van der Waals surface area contributed by atoms with E-state index in [1.807, 2.05) is 6.07 Å². The largest absolute Gasteiger partial charge is 0.512 e. The van der Waals surface area contributed by atoms with Gasteiger partial charge in [-0.25, -0.2) is 9.18 Å². The Bertz CT molecular complexity index is 1280. The number of esters is 1. The highest BCUT2D eigenvalue weighted by Crippen LogP contribution is 2.28. The number of ether oxygens (including phenoxy) is 3. The lowest BCUT2D eigenvalue weighted by Gasteiger charge is -2.20. The van der Waals surface area contributed by atoms with Crippen molar-refractivity contribution >= 4 is 17.6 Å². The van der Waals surface area contributed by atoms with Crippen LogP contribution in [0.4, 0.5) is 9.18 Å². The molecule has 2 rings (SSSR count). The molecule has 0 aliphatic rings. The van der Waals surface area contributed by atoms with E-state index in [1.165, 1.54) is 31.2 Å². The van der Waals surface area contributed by atoms with Gasteiger partial charge >= 0.3 is 12.1 Å². The Kier molecular flexibility index (Phi) is 10.5. The Morgan fingerprint density at radius 2 is 1.87 bits per heavy atom. The summed E-state index contributed by atoms with van der Waals surface area (Å²) in [5, 5.41) is 22.2. The summed E-state index contributed by atoms with van der Waals surface area (Å²) in [4.78, 5) is 24.0. The monoisotopic (exact) mass is 524 g/mol. The average molecular weight is 525 g/mol. The van der Waals surface area contributed by atoms with E-state index in [0.29, 0.717) is 11.1 Å². The summed E-state index contributed by atoms with van der Waals surface area (Å²) < 4.78 is 31.6. The molecule has 0 atom stereocenters. The smallest absolute Gasteiger partial charge is 0.407 e. The number of hydrogen-bond acceptors (Lipinski definition) is 7. The summed E-state index contributed by atoms with van der Waals surface area (Å²) >= 11 is 0. The predicted octanol–water partition coefficient (Wildman–Crippen LogP) is 6.10. The number of amides is 1. The normalized spacial score (nSPS) is 12.2. The van der Waals surface area contributed by atoms with E-state index in [-0.39, 0.29) is 53.5 Å². The maximum Gasteiger partial charge on any atom is 0.407 e. The highest BCUT2D eigenvalue weighted by atomic mass is 19.1. The predicted molar refractivity (Wildman–Crippen MR) is 141 cm³/mol. The van der Waals surface area contributed by atoms with Crippen molar-refractivity contribution < 1.29 is 33.3 Å². The second-order valence-electron chi connectivity index (χ2n) is 9.41. The van der Waals surface area contributed by atoms with Crippen LogP contribution in [0.1, 0.15) is 63.8 Å². The standard InChI is InChI=1S/C29H33FN2O6/c1-7-36-26(34)15-21-12-11-20(16-31)14-25(21)37-18(2)13-24(19(3)33)23-10-8-9-22(27(23)30)17-32-28(35)38-29(4,5)6/h8-14,33H,7,15,17H2,1-6H3,(H,32,35)/b18-13+,24-19-. The molecular weight excluding hydrogens is 491 g/mol. The highest BCUT2D eigenvalue weighted by molar-refractivity contribution is 5.77. The minimum Gasteiger partial charge on any atom is -0.512 e. The van der Waals surface area contributed by atoms with Gasteiger partial charge in [0.25, 0.3) is 0 Å². The van der Waals surface area contributed by atoms with Crippen LogP contribution >= 0.6 is 0 Å². The van der Waals surface area contributed by atoms with E-state index in [0.717, 1.165) is 0 Å². The lowest BCUT2D eigenvalue weighted by Crippen LogP contribution is -2.32. The topological polar surface area (TPSA) is 118 Å². The number of carbonyl (C=O) groups excluding carboxylic acids is 2. The SMILES string of the molecule is CCOC(=O)Cc1ccc(C#N)cc1O/C(C)=C/C(=C(\C)O)c1cccc(CNC(=O)OC(C)(C)C)c1F. The van der Waals surface area contributed by atoms with Gasteiger partial charge in [-0.3, -0.25) is 4.79 Å². The first-order valence-corrected chi connectivity index (χ1v) is 12.0. The van der Waals surface area contributed by atoms with Gasteiger partial charge in [-0.05, 0) is 59.8 Å². The fourth-order valence-corrected chi connectivity index (χ4v) is 3.42. The summed E-state index contributed by atoms with van der Waals surface area (Å²) in [5.74, 6) is -0.719. The number of rotatable bonds is 9. The summed E-state index contributed by atoms with van der Waals surface area (Å²) in [5.41, 5.74) is 0.571. The van der Waals surface area contributed by atoms with Crippen molar-refractivity contribution in [3.8, 4) is 11.8 Å². The van der Waals surface area contributed by atoms with Crippen LogP contribution in [-0.2, 0) is 27.2 Å². The van der Waals surface area contributed by atoms with Crippen LogP contribution in [-0.4, -0.2) is 29.4 Å². The number of alkyl carbamates (subject to hydrolysis) is 1. The van der Waals surface area contributed by atoms with Crippen LogP contribution in [0.2, 0.25) is 0 Å². The first-order valence-electron chi connectivity index (χ1n) is 12.0. The number of halogens is 1. The molecule has 0 spiro atoms. The van der Waals surface area contributed by atoms with Crippen LogP contribution < -0.4 is 10.1 Å². The Balaban J connectivity index is 2.34. The fraction of sp³-hybridized carbons (Fsp3) is 0.345. The molecule has 9 heteroatoms. The van der Waals surface area contributed by atoms with Gasteiger partial charge in [-0.2, -0.15) is 5.26 Å². The summed E-state index contributed by atoms with van der Waals surface area (Å²) in [6.45, 7) is 9.99. The molecule has 1 amide bonds. The lowest BCUT2D eigenvalue weighted by atomic mass is 10.00. The quantitative estimate of drug-likeness (QED) is 0.231. The molecule has 0 heterocycles. The van der Waals surface area contributed by atoms with Crippen molar-refractivity contribution in [2.75, 3.05) is 6.61 Å². The first-order chi connectivity index (χ1) is 17.8. The zero-order valence-corrected chi connectivity index (χ0v) is 22.5. The molecule has 0 aliphatic carbocycles. The summed E-state index contributed by atoms with van der Waals surface area (Å²) in [6, 6.07) is 11.3. The number of nitrogens with one attached hydrogen (secondary N) is 1. The number of nitriles is 1. The van der Waals surface area contributed by atoms with Crippen LogP contribution in [0.15, 0.2) is 54.0 Å². The highest BCUT2D eigenvalue weighted by Gasteiger charge is 2.18. The molecule has 8 nitrogen and oxygen atoms in total. The van der Waals surface area contributed by atoms with E-state index < -0.39 is 23.5 Å². The van der Waals surface area contributed by atoms with Crippen LogP contribution in [0.3, 0.4) is 0 Å². The summed E-state index contributed by atoms with van der Waals surface area (Å²) in [6.07, 6.45) is 0.704. The Labute approximate surface area is 222 Å². The molecule has 0 aromatic heterocycles. The van der Waals surface area contributed by atoms with Gasteiger partial charge in [0.05, 0.1) is 30.4 Å². The molecule has 0 aliphatic heterocycles. The van der Waals surface area contributed by atoms with Gasteiger partial charge < -0.3 is 24.6 Å². The minimum absolute atomic E-state index is 0.0643. The van der Waals surface area contributed by atoms with Gasteiger partial charge in [-0.1, -0.05) is 24.3 Å². The minimum atomic E-state index is -0.695. The third kappa shape index (κ3) is 8.96. The maximum absolute atomic E-state index is 15.4. The van der Waals surface area contributed by atoms with Crippen molar-refractivity contribution in [3.05, 3.63) is 82.1 Å². The lowest BCUT2D eigenvalue weighted by molar-refractivity contribution is -0.142. The number of hydrogen-bond donors (Lipinski definition) is 2. The molecule has 2 aromatic rings. The van der Waals surface area contributed by atoms with Crippen molar-refractivity contribution in [1.82, 2.24) is 5.32 Å². The number of benzene rings is 2. The van der Waals surface area contributed by atoms with Crippen molar-refractivity contribution in [2.45, 2.75) is 60.1 Å². The number of aliphatic hydroxyl groups is 1. The van der Waals surface area contributed by atoms with Crippen LogP contribution in [0.5, 0.6) is 5.75 Å². The molecule has 2 aromatic carbocycles. The van der Waals surface area contributed by atoms with Crippen LogP contribution in [0, 0.1) is 17.1 Å². The molecule has 0 unspecified atom stereocenters. The summed E-state index contributed by atoms with van der Waals surface area (Å²) in [7, 11) is 0. The molecule has 0 radical (unpaired) electrons. The molecule has 2 N–H and O–H groups in total. The van der Waals surface area contributed by atoms with Gasteiger partial charge in [0.2, 0.25) is 0 Å². The van der Waals surface area contributed by atoms with E-state index in [9.17, 15) is 20.0 Å². The number of aliphatic hydroxyl groups excluding tert-OH is 1. The molecule has 38 heavy (non-hydrogen) atoms. The van der Waals surface area contributed by atoms with E-state index >= 15 is 4.39 Å². The van der Waals surface area contributed by atoms with Gasteiger partial charge in [0.1, 0.15) is 22.9 Å². The maximum atomic E-state index is 15.4. The third-order valence-corrected chi connectivity index (χ3v) is 5.04. The zero-order valence-electron chi connectivity index (χ0n) is 22.5. The van der Waals surface area contributed by atoms with E-state index in [1.54, 1.807) is 52.8 Å². The Morgan fingerprint density at radius 1 is 1.16 bits per heavy atom. The Hall–Kier alpha value is -4.32. The second-order valence-corrected chi connectivity index (χ2v) is 9.41. The van der Waals surface area contributed by atoms with Gasteiger partial charge in [0.15, 0.2) is 0 Å². The van der Waals surface area contributed by atoms with E-state index in [4.69, 9.17) is 14.2 Å². The number of allylic oxidation sites excluding steroid dienone is 4.